The largest absolute Gasteiger partial charge is 0.481 e. The number of halogens is 1. The molecular weight excluding hydrogens is 279 g/mol. The summed E-state index contributed by atoms with van der Waals surface area (Å²) in [4.78, 5) is 24.8. The Bertz CT molecular complexity index is 537. The third kappa shape index (κ3) is 3.49. The summed E-state index contributed by atoms with van der Waals surface area (Å²) >= 11 is 0. The average Bonchev–Trinajstić information content (AvgIpc) is 2.89. The SMILES string of the molecule is CCN(C(=O)Nc1cccc(F)c1)C1COCC1C(=O)O. The minimum atomic E-state index is -0.991. The molecule has 6 nitrogen and oxygen atoms in total. The molecule has 1 aliphatic heterocycles. The number of nitrogens with zero attached hydrogens (tertiary/aromatic N) is 1. The molecule has 1 aromatic carbocycles. The van der Waals surface area contributed by atoms with Gasteiger partial charge < -0.3 is 20.1 Å². The van der Waals surface area contributed by atoms with Crippen molar-refractivity contribution in [3.8, 4) is 0 Å². The van der Waals surface area contributed by atoms with Gasteiger partial charge in [0.2, 0.25) is 0 Å². The molecule has 0 radical (unpaired) electrons. The van der Waals surface area contributed by atoms with E-state index in [0.717, 1.165) is 0 Å². The fourth-order valence-electron chi connectivity index (χ4n) is 2.38. The van der Waals surface area contributed by atoms with Crippen LogP contribution in [0.3, 0.4) is 0 Å². The van der Waals surface area contributed by atoms with E-state index in [1.54, 1.807) is 13.0 Å². The van der Waals surface area contributed by atoms with Crippen molar-refractivity contribution in [2.75, 3.05) is 25.1 Å². The van der Waals surface area contributed by atoms with Crippen molar-refractivity contribution >= 4 is 17.7 Å². The van der Waals surface area contributed by atoms with Gasteiger partial charge in [0, 0.05) is 12.2 Å². The number of carbonyl (C=O) groups is 2. The lowest BCUT2D eigenvalue weighted by Crippen LogP contribution is -2.48. The summed E-state index contributed by atoms with van der Waals surface area (Å²) < 4.78 is 18.3. The van der Waals surface area contributed by atoms with Crippen LogP contribution in [0, 0.1) is 11.7 Å². The number of benzene rings is 1. The van der Waals surface area contributed by atoms with Crippen LogP contribution in [0.4, 0.5) is 14.9 Å². The molecule has 1 fully saturated rings. The number of amides is 2. The number of rotatable bonds is 4. The van der Waals surface area contributed by atoms with Crippen LogP contribution in [0.25, 0.3) is 0 Å². The van der Waals surface area contributed by atoms with Crippen LogP contribution < -0.4 is 5.32 Å². The average molecular weight is 296 g/mol. The van der Waals surface area contributed by atoms with Crippen LogP contribution >= 0.6 is 0 Å². The number of anilines is 1. The van der Waals surface area contributed by atoms with Crippen LogP contribution in [0.5, 0.6) is 0 Å². The number of hydrogen-bond donors (Lipinski definition) is 2. The van der Waals surface area contributed by atoms with E-state index >= 15 is 0 Å². The number of nitrogens with one attached hydrogen (secondary N) is 1. The van der Waals surface area contributed by atoms with Crippen LogP contribution in [-0.2, 0) is 9.53 Å². The highest BCUT2D eigenvalue weighted by Crippen LogP contribution is 2.21. The number of ether oxygens (including phenoxy) is 1. The summed E-state index contributed by atoms with van der Waals surface area (Å²) in [7, 11) is 0. The molecule has 1 heterocycles. The van der Waals surface area contributed by atoms with E-state index in [-0.39, 0.29) is 13.2 Å². The third-order valence-corrected chi connectivity index (χ3v) is 3.45. The minimum absolute atomic E-state index is 0.0870. The lowest BCUT2D eigenvalue weighted by atomic mass is 10.0. The van der Waals surface area contributed by atoms with Gasteiger partial charge in [-0.1, -0.05) is 6.07 Å². The maximum absolute atomic E-state index is 13.1. The predicted molar refractivity (Wildman–Crippen MR) is 73.5 cm³/mol. The van der Waals surface area contributed by atoms with Gasteiger partial charge in [-0.3, -0.25) is 4.79 Å². The van der Waals surface area contributed by atoms with Crippen LogP contribution in [0.1, 0.15) is 6.92 Å². The van der Waals surface area contributed by atoms with Gasteiger partial charge in [0.1, 0.15) is 11.7 Å². The van der Waals surface area contributed by atoms with Gasteiger partial charge in [-0.25, -0.2) is 9.18 Å². The first kappa shape index (κ1) is 15.2. The summed E-state index contributed by atoms with van der Waals surface area (Å²) in [6, 6.07) is 4.53. The Morgan fingerprint density at radius 3 is 2.86 bits per heavy atom. The van der Waals surface area contributed by atoms with E-state index in [1.807, 2.05) is 0 Å². The fraction of sp³-hybridized carbons (Fsp3) is 0.429. The zero-order valence-electron chi connectivity index (χ0n) is 11.6. The van der Waals surface area contributed by atoms with Crippen molar-refractivity contribution in [3.63, 3.8) is 0 Å². The lowest BCUT2D eigenvalue weighted by molar-refractivity contribution is -0.142. The summed E-state index contributed by atoms with van der Waals surface area (Å²) in [6.45, 7) is 2.35. The Balaban J connectivity index is 2.10. The van der Waals surface area contributed by atoms with Crippen molar-refractivity contribution in [3.05, 3.63) is 30.1 Å². The molecule has 21 heavy (non-hydrogen) atoms. The molecular formula is C14H17FN2O4. The molecule has 0 saturated carbocycles. The molecule has 2 unspecified atom stereocenters. The van der Waals surface area contributed by atoms with E-state index < -0.39 is 29.8 Å². The number of urea groups is 1. The summed E-state index contributed by atoms with van der Waals surface area (Å²) in [6.07, 6.45) is 0. The Kier molecular flexibility index (Phi) is 4.74. The number of carboxylic acids is 1. The molecule has 1 saturated heterocycles. The zero-order valence-corrected chi connectivity index (χ0v) is 11.6. The van der Waals surface area contributed by atoms with Crippen LogP contribution in [-0.4, -0.2) is 47.8 Å². The van der Waals surface area contributed by atoms with Gasteiger partial charge in [-0.2, -0.15) is 0 Å². The standard InChI is InChI=1S/C14H17FN2O4/c1-2-17(12-8-21-7-11(12)13(18)19)14(20)16-10-5-3-4-9(15)6-10/h3-6,11-12H,2,7-8H2,1H3,(H,16,20)(H,18,19). The summed E-state index contributed by atoms with van der Waals surface area (Å²) in [5, 5.41) is 11.7. The predicted octanol–water partition coefficient (Wildman–Crippen LogP) is 1.78. The molecule has 2 N–H and O–H groups in total. The quantitative estimate of drug-likeness (QED) is 0.887. The highest BCUT2D eigenvalue weighted by molar-refractivity contribution is 5.90. The van der Waals surface area contributed by atoms with Crippen molar-refractivity contribution in [2.45, 2.75) is 13.0 Å². The van der Waals surface area contributed by atoms with E-state index in [9.17, 15) is 14.0 Å². The second kappa shape index (κ2) is 6.53. The van der Waals surface area contributed by atoms with Gasteiger partial charge in [-0.15, -0.1) is 0 Å². The number of hydrogen-bond acceptors (Lipinski definition) is 3. The van der Waals surface area contributed by atoms with Gasteiger partial charge in [0.05, 0.1) is 19.3 Å². The Hall–Kier alpha value is -2.15. The summed E-state index contributed by atoms with van der Waals surface area (Å²) in [5.41, 5.74) is 0.323. The number of carboxylic acid groups (broad SMARTS) is 1. The topological polar surface area (TPSA) is 78.9 Å². The van der Waals surface area contributed by atoms with Gasteiger partial charge in [0.15, 0.2) is 0 Å². The highest BCUT2D eigenvalue weighted by atomic mass is 19.1. The van der Waals surface area contributed by atoms with E-state index in [0.29, 0.717) is 12.2 Å². The highest BCUT2D eigenvalue weighted by Gasteiger charge is 2.39. The molecule has 2 rings (SSSR count). The Morgan fingerprint density at radius 1 is 1.48 bits per heavy atom. The monoisotopic (exact) mass is 296 g/mol. The van der Waals surface area contributed by atoms with Gasteiger partial charge in [-0.05, 0) is 25.1 Å². The molecule has 0 spiro atoms. The maximum Gasteiger partial charge on any atom is 0.322 e. The molecule has 0 bridgehead atoms. The molecule has 2 amide bonds. The van der Waals surface area contributed by atoms with Gasteiger partial charge in [0.25, 0.3) is 0 Å². The van der Waals surface area contributed by atoms with Gasteiger partial charge >= 0.3 is 12.0 Å². The maximum atomic E-state index is 13.1. The lowest BCUT2D eigenvalue weighted by Gasteiger charge is -2.29. The molecule has 0 aromatic heterocycles. The number of likely N-dealkylation sites (N-methyl/N-ethyl adjacent to an activating group) is 1. The fourth-order valence-corrected chi connectivity index (χ4v) is 2.38. The van der Waals surface area contributed by atoms with E-state index in [2.05, 4.69) is 5.32 Å². The molecule has 1 aliphatic rings. The van der Waals surface area contributed by atoms with E-state index in [1.165, 1.54) is 23.1 Å². The van der Waals surface area contributed by atoms with Crippen molar-refractivity contribution in [2.24, 2.45) is 5.92 Å². The van der Waals surface area contributed by atoms with Crippen LogP contribution in [0.2, 0.25) is 0 Å². The van der Waals surface area contributed by atoms with Crippen molar-refractivity contribution < 1.29 is 23.8 Å². The molecule has 2 atom stereocenters. The molecule has 0 aliphatic carbocycles. The van der Waals surface area contributed by atoms with Crippen molar-refractivity contribution in [1.82, 2.24) is 4.90 Å². The van der Waals surface area contributed by atoms with Crippen LogP contribution in [0.15, 0.2) is 24.3 Å². The first-order chi connectivity index (χ1) is 10.0. The second-order valence-electron chi connectivity index (χ2n) is 4.78. The van der Waals surface area contributed by atoms with Crippen molar-refractivity contribution in [1.29, 1.82) is 0 Å². The second-order valence-corrected chi connectivity index (χ2v) is 4.78. The first-order valence-electron chi connectivity index (χ1n) is 6.66. The summed E-state index contributed by atoms with van der Waals surface area (Å²) in [5.74, 6) is -2.19. The molecule has 1 aromatic rings. The smallest absolute Gasteiger partial charge is 0.322 e. The van der Waals surface area contributed by atoms with E-state index in [4.69, 9.17) is 9.84 Å². The first-order valence-corrected chi connectivity index (χ1v) is 6.66. The zero-order chi connectivity index (χ0) is 15.4. The number of carbonyl (C=O) groups excluding carboxylic acids is 1. The normalized spacial score (nSPS) is 21.0. The minimum Gasteiger partial charge on any atom is -0.481 e. The molecule has 7 heteroatoms. The Morgan fingerprint density at radius 2 is 2.24 bits per heavy atom. The number of aliphatic carboxylic acids is 1. The molecule has 114 valence electrons. The third-order valence-electron chi connectivity index (χ3n) is 3.45. The Labute approximate surface area is 121 Å².